The number of nitrogens with one attached hydrogen (secondary N) is 1. The number of hydrogen-bond donors (Lipinski definition) is 1. The third-order valence-electron chi connectivity index (χ3n) is 4.41. The highest BCUT2D eigenvalue weighted by Crippen LogP contribution is 2.27. The van der Waals surface area contributed by atoms with Crippen molar-refractivity contribution in [2.45, 2.75) is 23.5 Å². The van der Waals surface area contributed by atoms with E-state index in [9.17, 15) is 13.6 Å². The molecule has 1 fully saturated rings. The molecular weight excluding hydrogens is 370 g/mol. The zero-order chi connectivity index (χ0) is 19.2. The van der Waals surface area contributed by atoms with Gasteiger partial charge in [0.1, 0.15) is 11.9 Å². The van der Waals surface area contributed by atoms with Crippen molar-refractivity contribution in [1.29, 1.82) is 5.26 Å². The highest BCUT2D eigenvalue weighted by Gasteiger charge is 2.25. The Morgan fingerprint density at radius 1 is 1.22 bits per heavy atom. The molecule has 1 aromatic heterocycles. The van der Waals surface area contributed by atoms with Crippen LogP contribution in [0.5, 0.6) is 0 Å². The van der Waals surface area contributed by atoms with Gasteiger partial charge in [-0.1, -0.05) is 11.8 Å². The first-order chi connectivity index (χ1) is 13.0. The number of aromatic nitrogens is 1. The van der Waals surface area contributed by atoms with Crippen molar-refractivity contribution in [3.05, 3.63) is 48.2 Å². The molecule has 5 nitrogen and oxygen atoms in total. The Hall–Kier alpha value is -2.66. The number of amides is 1. The second-order valence-electron chi connectivity index (χ2n) is 6.17. The molecule has 2 aromatic rings. The standard InChI is InChI=1S/C19H18F2N4OS/c20-19(21)27-16-4-2-15(3-5-16)24-18(26)14-7-9-25(10-8-14)17-6-1-13(11-22)12-23-17/h1-6,12,14,19H,7-10H2,(H,24,26). The molecule has 140 valence electrons. The zero-order valence-electron chi connectivity index (χ0n) is 14.4. The number of carbonyl (C=O) groups is 1. The maximum Gasteiger partial charge on any atom is 0.288 e. The summed E-state index contributed by atoms with van der Waals surface area (Å²) in [6.07, 6.45) is 2.95. The third-order valence-corrected chi connectivity index (χ3v) is 5.14. The van der Waals surface area contributed by atoms with Crippen LogP contribution in [-0.4, -0.2) is 29.7 Å². The molecule has 0 spiro atoms. The van der Waals surface area contributed by atoms with Crippen molar-refractivity contribution >= 4 is 29.2 Å². The number of piperidine rings is 1. The van der Waals surface area contributed by atoms with Gasteiger partial charge in [-0.2, -0.15) is 14.0 Å². The van der Waals surface area contributed by atoms with Crippen LogP contribution >= 0.6 is 11.8 Å². The van der Waals surface area contributed by atoms with Crippen LogP contribution in [0.25, 0.3) is 0 Å². The van der Waals surface area contributed by atoms with E-state index in [4.69, 9.17) is 5.26 Å². The highest BCUT2D eigenvalue weighted by molar-refractivity contribution is 7.99. The second kappa shape index (κ2) is 8.82. The van der Waals surface area contributed by atoms with E-state index in [0.717, 1.165) is 5.82 Å². The van der Waals surface area contributed by atoms with Crippen LogP contribution in [0.1, 0.15) is 18.4 Å². The van der Waals surface area contributed by atoms with Crippen LogP contribution in [0.15, 0.2) is 47.5 Å². The number of carbonyl (C=O) groups excluding carboxylic acids is 1. The summed E-state index contributed by atoms with van der Waals surface area (Å²) in [5.41, 5.74) is 1.13. The van der Waals surface area contributed by atoms with E-state index < -0.39 is 5.76 Å². The number of benzene rings is 1. The lowest BCUT2D eigenvalue weighted by molar-refractivity contribution is -0.120. The lowest BCUT2D eigenvalue weighted by Gasteiger charge is -2.32. The van der Waals surface area contributed by atoms with Crippen LogP contribution in [0, 0.1) is 17.2 Å². The minimum absolute atomic E-state index is 0.0586. The van der Waals surface area contributed by atoms with Crippen molar-refractivity contribution in [3.63, 3.8) is 0 Å². The Labute approximate surface area is 160 Å². The number of rotatable bonds is 5. The van der Waals surface area contributed by atoms with Gasteiger partial charge in [0.05, 0.1) is 5.56 Å². The minimum Gasteiger partial charge on any atom is -0.357 e. The number of thioether (sulfide) groups is 1. The average molecular weight is 388 g/mol. The molecule has 0 saturated carbocycles. The van der Waals surface area contributed by atoms with Crippen molar-refractivity contribution in [2.75, 3.05) is 23.3 Å². The Kier molecular flexibility index (Phi) is 6.24. The number of nitrogens with zero attached hydrogens (tertiary/aromatic N) is 3. The average Bonchev–Trinajstić information content (AvgIpc) is 2.69. The van der Waals surface area contributed by atoms with Crippen molar-refractivity contribution in [2.24, 2.45) is 5.92 Å². The van der Waals surface area contributed by atoms with Gasteiger partial charge in [0.2, 0.25) is 5.91 Å². The molecule has 1 saturated heterocycles. The molecular formula is C19H18F2N4OS. The van der Waals surface area contributed by atoms with E-state index in [-0.39, 0.29) is 11.8 Å². The van der Waals surface area contributed by atoms with Gasteiger partial charge >= 0.3 is 0 Å². The van der Waals surface area contributed by atoms with Crippen LogP contribution in [-0.2, 0) is 4.79 Å². The SMILES string of the molecule is N#Cc1ccc(N2CCC(C(=O)Nc3ccc(SC(F)F)cc3)CC2)nc1. The smallest absolute Gasteiger partial charge is 0.288 e. The zero-order valence-corrected chi connectivity index (χ0v) is 15.3. The Balaban J connectivity index is 1.51. The Morgan fingerprint density at radius 2 is 1.93 bits per heavy atom. The molecule has 27 heavy (non-hydrogen) atoms. The normalized spacial score (nSPS) is 14.8. The number of hydrogen-bond acceptors (Lipinski definition) is 5. The summed E-state index contributed by atoms with van der Waals surface area (Å²) in [6, 6.07) is 12.0. The highest BCUT2D eigenvalue weighted by atomic mass is 32.2. The van der Waals surface area contributed by atoms with Gasteiger partial charge in [-0.05, 0) is 49.2 Å². The van der Waals surface area contributed by atoms with Crippen molar-refractivity contribution < 1.29 is 13.6 Å². The van der Waals surface area contributed by atoms with Gasteiger partial charge in [-0.25, -0.2) is 4.98 Å². The van der Waals surface area contributed by atoms with Gasteiger partial charge in [0, 0.05) is 35.8 Å². The van der Waals surface area contributed by atoms with Gasteiger partial charge in [0.25, 0.3) is 5.76 Å². The van der Waals surface area contributed by atoms with Gasteiger partial charge in [-0.3, -0.25) is 4.79 Å². The fraction of sp³-hybridized carbons (Fsp3) is 0.316. The van der Waals surface area contributed by atoms with Crippen LogP contribution in [0.2, 0.25) is 0 Å². The fourth-order valence-electron chi connectivity index (χ4n) is 2.97. The first-order valence-electron chi connectivity index (χ1n) is 8.52. The molecule has 0 aliphatic carbocycles. The first kappa shape index (κ1) is 19.1. The Morgan fingerprint density at radius 3 is 2.48 bits per heavy atom. The number of anilines is 2. The molecule has 0 unspecified atom stereocenters. The predicted octanol–water partition coefficient (Wildman–Crippen LogP) is 4.12. The molecule has 1 aliphatic heterocycles. The number of nitriles is 1. The molecule has 2 heterocycles. The van der Waals surface area contributed by atoms with Crippen molar-refractivity contribution in [3.8, 4) is 6.07 Å². The minimum atomic E-state index is -2.46. The monoisotopic (exact) mass is 388 g/mol. The van der Waals surface area contributed by atoms with Gasteiger partial charge in [0.15, 0.2) is 0 Å². The topological polar surface area (TPSA) is 69.0 Å². The molecule has 0 atom stereocenters. The lowest BCUT2D eigenvalue weighted by atomic mass is 9.95. The van der Waals surface area contributed by atoms with E-state index in [2.05, 4.69) is 15.2 Å². The predicted molar refractivity (Wildman–Crippen MR) is 101 cm³/mol. The largest absolute Gasteiger partial charge is 0.357 e. The number of alkyl halides is 2. The van der Waals surface area contributed by atoms with Gasteiger partial charge < -0.3 is 10.2 Å². The second-order valence-corrected chi connectivity index (χ2v) is 7.23. The molecule has 3 rings (SSSR count). The van der Waals surface area contributed by atoms with Crippen molar-refractivity contribution in [1.82, 2.24) is 4.98 Å². The van der Waals surface area contributed by atoms with E-state index in [1.165, 1.54) is 0 Å². The molecule has 1 amide bonds. The lowest BCUT2D eigenvalue weighted by Crippen LogP contribution is -2.38. The van der Waals surface area contributed by atoms with E-state index in [1.807, 2.05) is 12.1 Å². The van der Waals surface area contributed by atoms with Crippen LogP contribution < -0.4 is 10.2 Å². The van der Waals surface area contributed by atoms with Crippen LogP contribution in [0.3, 0.4) is 0 Å². The summed E-state index contributed by atoms with van der Waals surface area (Å²) in [6.45, 7) is 1.42. The van der Waals surface area contributed by atoms with Crippen LogP contribution in [0.4, 0.5) is 20.3 Å². The van der Waals surface area contributed by atoms with E-state index in [1.54, 1.807) is 36.5 Å². The molecule has 0 radical (unpaired) electrons. The summed E-state index contributed by atoms with van der Waals surface area (Å²) >= 11 is 0.479. The molecule has 1 aliphatic rings. The van der Waals surface area contributed by atoms with E-state index in [0.29, 0.717) is 53.8 Å². The Bertz CT molecular complexity index is 813. The first-order valence-corrected chi connectivity index (χ1v) is 9.40. The van der Waals surface area contributed by atoms with Gasteiger partial charge in [-0.15, -0.1) is 0 Å². The number of pyridine rings is 1. The maximum atomic E-state index is 12.5. The molecule has 0 bridgehead atoms. The quantitative estimate of drug-likeness (QED) is 0.780. The van der Waals surface area contributed by atoms with E-state index >= 15 is 0 Å². The molecule has 1 N–H and O–H groups in total. The number of halogens is 2. The molecule has 1 aromatic carbocycles. The maximum absolute atomic E-state index is 12.5. The summed E-state index contributed by atoms with van der Waals surface area (Å²) in [4.78, 5) is 19.3. The summed E-state index contributed by atoms with van der Waals surface area (Å²) in [5, 5.41) is 11.7. The third kappa shape index (κ3) is 5.17. The molecule has 8 heteroatoms. The summed E-state index contributed by atoms with van der Waals surface area (Å²) in [7, 11) is 0. The fourth-order valence-corrected chi connectivity index (χ4v) is 3.47. The summed E-state index contributed by atoms with van der Waals surface area (Å²) < 4.78 is 24.7. The summed E-state index contributed by atoms with van der Waals surface area (Å²) in [5.74, 6) is -1.81.